The third kappa shape index (κ3) is 7.05. The van der Waals surface area contributed by atoms with Crippen LogP contribution in [0, 0.1) is 27.7 Å². The molecule has 0 bridgehead atoms. The molecule has 2 aliphatic heterocycles. The van der Waals surface area contributed by atoms with Crippen LogP contribution in [0.25, 0.3) is 62.6 Å². The summed E-state index contributed by atoms with van der Waals surface area (Å²) >= 11 is 7.73. The van der Waals surface area contributed by atoms with Gasteiger partial charge in [0.15, 0.2) is 0 Å². The fraction of sp³-hybridized carbons (Fsp3) is 0.242. The van der Waals surface area contributed by atoms with E-state index in [4.69, 9.17) is 0 Å². The Bertz CT molecular complexity index is 3860. The Morgan fingerprint density at radius 2 is 0.795 bits per heavy atom. The predicted octanol–water partition coefficient (Wildman–Crippen LogP) is 19.1. The Morgan fingerprint density at radius 1 is 0.384 bits per heavy atom. The Hall–Kier alpha value is -5.96. The van der Waals surface area contributed by atoms with Crippen LogP contribution in [0.3, 0.4) is 0 Å². The monoisotopic (exact) mass is 1020 g/mol. The van der Waals surface area contributed by atoms with Gasteiger partial charge in [0.25, 0.3) is 6.71 Å². The molecule has 0 unspecified atom stereocenters. The van der Waals surface area contributed by atoms with E-state index in [1.807, 2.05) is 45.3 Å². The number of rotatable bonds is 4. The predicted molar refractivity (Wildman–Crippen MR) is 328 cm³/mol. The van der Waals surface area contributed by atoms with Crippen LogP contribution < -0.4 is 24.8 Å². The van der Waals surface area contributed by atoms with Crippen LogP contribution in [0.15, 0.2) is 132 Å². The van der Waals surface area contributed by atoms with E-state index in [2.05, 4.69) is 232 Å². The molecule has 2 aliphatic rings. The molecule has 0 radical (unpaired) electrons. The van der Waals surface area contributed by atoms with Gasteiger partial charge in [0.2, 0.25) is 0 Å². The first-order valence-corrected chi connectivity index (χ1v) is 29.2. The molecule has 13 rings (SSSR count). The zero-order valence-electron chi connectivity index (χ0n) is 44.3. The van der Waals surface area contributed by atoms with Crippen molar-refractivity contribution in [3.05, 3.63) is 171 Å². The first kappa shape index (κ1) is 46.8. The fourth-order valence-electron chi connectivity index (χ4n) is 12.1. The second-order valence-corrected chi connectivity index (χ2v) is 27.9. The van der Waals surface area contributed by atoms with Crippen LogP contribution >= 0.6 is 45.3 Å². The molecule has 0 saturated carbocycles. The van der Waals surface area contributed by atoms with Gasteiger partial charge in [-0.1, -0.05) is 135 Å². The van der Waals surface area contributed by atoms with E-state index in [0.717, 1.165) is 0 Å². The molecule has 362 valence electrons. The minimum absolute atomic E-state index is 0.0208. The molecule has 11 aromatic rings. The molecule has 0 N–H and O–H groups in total. The summed E-state index contributed by atoms with van der Waals surface area (Å²) in [5.41, 5.74) is 23.4. The molecular formula is C66H61BN2S4. The molecule has 6 heterocycles. The van der Waals surface area contributed by atoms with Crippen molar-refractivity contribution in [2.24, 2.45) is 0 Å². The quantitative estimate of drug-likeness (QED) is 0.162. The Balaban J connectivity index is 1.19. The maximum absolute atomic E-state index is 2.76. The lowest BCUT2D eigenvalue weighted by atomic mass is 9.39. The molecule has 0 fully saturated rings. The molecule has 0 atom stereocenters. The number of hydrogen-bond donors (Lipinski definition) is 0. The van der Waals surface area contributed by atoms with Crippen LogP contribution in [-0.2, 0) is 16.2 Å². The summed E-state index contributed by atoms with van der Waals surface area (Å²) in [7, 11) is 0. The van der Waals surface area contributed by atoms with Crippen LogP contribution in [0.5, 0.6) is 0 Å². The molecule has 2 nitrogen and oxygen atoms in total. The minimum Gasteiger partial charge on any atom is -0.309 e. The van der Waals surface area contributed by atoms with E-state index in [1.165, 1.54) is 151 Å². The third-order valence-corrected chi connectivity index (χ3v) is 20.5. The number of anilines is 6. The van der Waals surface area contributed by atoms with Crippen LogP contribution in [-0.4, -0.2) is 6.71 Å². The molecule has 4 aromatic heterocycles. The number of hydrogen-bond acceptors (Lipinski definition) is 6. The van der Waals surface area contributed by atoms with Crippen molar-refractivity contribution < 1.29 is 0 Å². The Morgan fingerprint density at radius 3 is 1.21 bits per heavy atom. The van der Waals surface area contributed by atoms with Crippen LogP contribution in [0.1, 0.15) is 101 Å². The molecular weight excluding hydrogens is 960 g/mol. The minimum atomic E-state index is -0.159. The van der Waals surface area contributed by atoms with Gasteiger partial charge in [-0.15, -0.1) is 45.3 Å². The lowest BCUT2D eigenvalue weighted by Gasteiger charge is -2.44. The maximum Gasteiger partial charge on any atom is 0.277 e. The highest BCUT2D eigenvalue weighted by atomic mass is 32.1. The molecule has 0 saturated heterocycles. The highest BCUT2D eigenvalue weighted by Gasteiger charge is 2.49. The van der Waals surface area contributed by atoms with Crippen LogP contribution in [0.2, 0.25) is 0 Å². The highest BCUT2D eigenvalue weighted by molar-refractivity contribution is 7.40. The third-order valence-electron chi connectivity index (χ3n) is 16.1. The lowest BCUT2D eigenvalue weighted by Crippen LogP contribution is -2.59. The number of aryl methyl sites for hydroxylation is 2. The van der Waals surface area contributed by atoms with Gasteiger partial charge in [-0.05, 0) is 159 Å². The molecule has 0 spiro atoms. The standard InChI is InChI=1S/C66H61BN2S4/c1-36-22-26-43(49-34-70-53-20-16-14-18-45(49)53)38(3)58(36)68-51-32-42(66(11,12)13)33-52-57(51)67(62-60(68)47-30-40(64(5,6)7)24-28-55(47)72-62)63-61(48-31-41(65(8,9)10)25-29-56(48)73-63)69(52)59-37(2)23-27-44(39(59)4)50-35-71-54-21-17-15-19-46(50)54/h14-35H,1-13H3. The summed E-state index contributed by atoms with van der Waals surface area (Å²) in [6.07, 6.45) is 0. The summed E-state index contributed by atoms with van der Waals surface area (Å²) < 4.78 is 8.18. The maximum atomic E-state index is 2.76. The smallest absolute Gasteiger partial charge is 0.277 e. The van der Waals surface area contributed by atoms with Crippen molar-refractivity contribution in [1.29, 1.82) is 0 Å². The van der Waals surface area contributed by atoms with E-state index in [1.54, 1.807) is 0 Å². The normalized spacial score (nSPS) is 13.7. The number of benzene rings is 7. The number of nitrogens with zero attached hydrogens (tertiary/aromatic N) is 2. The topological polar surface area (TPSA) is 6.48 Å². The second kappa shape index (κ2) is 16.3. The highest BCUT2D eigenvalue weighted by Crippen LogP contribution is 2.55. The van der Waals surface area contributed by atoms with E-state index in [-0.39, 0.29) is 23.0 Å². The summed E-state index contributed by atoms with van der Waals surface area (Å²) in [6.45, 7) is 30.8. The largest absolute Gasteiger partial charge is 0.309 e. The van der Waals surface area contributed by atoms with E-state index >= 15 is 0 Å². The van der Waals surface area contributed by atoms with Gasteiger partial charge in [0.05, 0.1) is 22.7 Å². The van der Waals surface area contributed by atoms with Gasteiger partial charge in [-0.25, -0.2) is 0 Å². The van der Waals surface area contributed by atoms with Gasteiger partial charge < -0.3 is 9.80 Å². The first-order chi connectivity index (χ1) is 34.8. The molecule has 0 aliphatic carbocycles. The average molecular weight is 1020 g/mol. The molecule has 7 aromatic carbocycles. The van der Waals surface area contributed by atoms with Gasteiger partial charge in [0.1, 0.15) is 0 Å². The van der Waals surface area contributed by atoms with Gasteiger partial charge >= 0.3 is 0 Å². The molecule has 73 heavy (non-hydrogen) atoms. The van der Waals surface area contributed by atoms with Gasteiger partial charge in [0, 0.05) is 72.4 Å². The zero-order chi connectivity index (χ0) is 50.8. The lowest BCUT2D eigenvalue weighted by molar-refractivity contribution is 0.590. The molecule has 0 amide bonds. The number of fused-ring (bicyclic) bond motifs is 10. The summed E-state index contributed by atoms with van der Waals surface area (Å²) in [5, 5.41) is 10.1. The van der Waals surface area contributed by atoms with Crippen molar-refractivity contribution in [1.82, 2.24) is 0 Å². The average Bonchev–Trinajstić information content (AvgIpc) is 4.15. The fourth-order valence-corrected chi connectivity index (χ4v) is 16.7. The van der Waals surface area contributed by atoms with E-state index < -0.39 is 0 Å². The van der Waals surface area contributed by atoms with Crippen LogP contribution in [0.4, 0.5) is 34.1 Å². The van der Waals surface area contributed by atoms with Crippen molar-refractivity contribution in [2.45, 2.75) is 106 Å². The Labute approximate surface area is 447 Å². The van der Waals surface area contributed by atoms with E-state index in [0.29, 0.717) is 0 Å². The van der Waals surface area contributed by atoms with E-state index in [9.17, 15) is 0 Å². The van der Waals surface area contributed by atoms with Crippen molar-refractivity contribution in [3.8, 4) is 22.3 Å². The summed E-state index contributed by atoms with van der Waals surface area (Å²) in [6, 6.07) is 47.3. The van der Waals surface area contributed by atoms with Crippen molar-refractivity contribution >= 4 is 142 Å². The van der Waals surface area contributed by atoms with Crippen molar-refractivity contribution in [2.75, 3.05) is 9.80 Å². The van der Waals surface area contributed by atoms with Gasteiger partial charge in [-0.3, -0.25) is 0 Å². The Kier molecular flexibility index (Phi) is 10.4. The summed E-state index contributed by atoms with van der Waals surface area (Å²) in [4.78, 5) is 5.52. The van der Waals surface area contributed by atoms with Gasteiger partial charge in [-0.2, -0.15) is 0 Å². The summed E-state index contributed by atoms with van der Waals surface area (Å²) in [5.74, 6) is 0. The van der Waals surface area contributed by atoms with Crippen molar-refractivity contribution in [3.63, 3.8) is 0 Å². The SMILES string of the molecule is Cc1ccc(-c2csc3ccccc23)c(C)c1N1c2cc(C(C)(C)C)cc3c2B(c2sc4ccc(C(C)(C)C)cc4c21)c1sc2ccc(C(C)(C)C)cc2c1N3c1c(C)ccc(-c2csc3ccccc23)c1C. The second-order valence-electron chi connectivity index (χ2n) is 23.9. The zero-order valence-corrected chi connectivity index (χ0v) is 47.6. The number of thiophene rings is 4. The molecule has 7 heteroatoms. The first-order valence-electron chi connectivity index (χ1n) is 25.8.